The van der Waals surface area contributed by atoms with Gasteiger partial charge in [-0.25, -0.2) is 0 Å². The number of nitrogens with one attached hydrogen (secondary N) is 3. The van der Waals surface area contributed by atoms with Crippen LogP contribution in [0.3, 0.4) is 0 Å². The Kier molecular flexibility index (Phi) is 3.84. The summed E-state index contributed by atoms with van der Waals surface area (Å²) in [6.07, 6.45) is 2.60. The molecule has 0 aliphatic carbocycles. The standard InChI is InChI=1S/C17H18N6O/c24-16(20-17-13-10-18-8-6-14(13)21-22-17)11-23-15(7-9-19-23)12-4-2-1-3-5-12/h1-5,7,9,18H,6,8,10-11H2,(H2,20,21,22,24). The summed E-state index contributed by atoms with van der Waals surface area (Å²) in [6.45, 7) is 1.79. The molecular formula is C17H18N6O. The number of aromatic nitrogens is 4. The van der Waals surface area contributed by atoms with E-state index in [-0.39, 0.29) is 12.5 Å². The number of rotatable bonds is 4. The van der Waals surface area contributed by atoms with Gasteiger partial charge in [-0.15, -0.1) is 0 Å². The molecule has 7 nitrogen and oxygen atoms in total. The molecule has 7 heteroatoms. The highest BCUT2D eigenvalue weighted by atomic mass is 16.2. The lowest BCUT2D eigenvalue weighted by atomic mass is 10.1. The molecule has 0 radical (unpaired) electrons. The average molecular weight is 322 g/mol. The first kappa shape index (κ1) is 14.6. The Morgan fingerprint density at radius 1 is 1.25 bits per heavy atom. The maximum absolute atomic E-state index is 12.4. The fourth-order valence-corrected chi connectivity index (χ4v) is 2.95. The van der Waals surface area contributed by atoms with Crippen molar-refractivity contribution >= 4 is 11.7 Å². The Morgan fingerprint density at radius 3 is 3.00 bits per heavy atom. The summed E-state index contributed by atoms with van der Waals surface area (Å²) in [6, 6.07) is 11.8. The van der Waals surface area contributed by atoms with Crippen LogP contribution in [0.2, 0.25) is 0 Å². The van der Waals surface area contributed by atoms with Crippen molar-refractivity contribution in [1.29, 1.82) is 0 Å². The molecule has 1 amide bonds. The van der Waals surface area contributed by atoms with Crippen LogP contribution in [-0.4, -0.2) is 32.4 Å². The van der Waals surface area contributed by atoms with E-state index in [1.54, 1.807) is 10.9 Å². The third-order valence-electron chi connectivity index (χ3n) is 4.14. The average Bonchev–Trinajstić information content (AvgIpc) is 3.23. The zero-order valence-corrected chi connectivity index (χ0v) is 13.1. The van der Waals surface area contributed by atoms with Crippen LogP contribution < -0.4 is 10.6 Å². The fourth-order valence-electron chi connectivity index (χ4n) is 2.95. The lowest BCUT2D eigenvalue weighted by molar-refractivity contribution is -0.116. The number of benzene rings is 1. The van der Waals surface area contributed by atoms with E-state index >= 15 is 0 Å². The zero-order valence-electron chi connectivity index (χ0n) is 13.1. The van der Waals surface area contributed by atoms with E-state index in [0.29, 0.717) is 5.82 Å². The molecule has 24 heavy (non-hydrogen) atoms. The normalized spacial score (nSPS) is 13.5. The van der Waals surface area contributed by atoms with E-state index in [0.717, 1.165) is 42.0 Å². The van der Waals surface area contributed by atoms with Crippen molar-refractivity contribution in [3.63, 3.8) is 0 Å². The number of anilines is 1. The number of aromatic amines is 1. The number of hydrogen-bond donors (Lipinski definition) is 3. The summed E-state index contributed by atoms with van der Waals surface area (Å²) < 4.78 is 1.70. The fraction of sp³-hybridized carbons (Fsp3) is 0.235. The number of nitrogens with zero attached hydrogens (tertiary/aromatic N) is 3. The van der Waals surface area contributed by atoms with Crippen molar-refractivity contribution in [2.24, 2.45) is 0 Å². The lowest BCUT2D eigenvalue weighted by Gasteiger charge is -2.13. The molecule has 3 N–H and O–H groups in total. The number of H-pyrrole nitrogens is 1. The Labute approximate surface area is 139 Å². The zero-order chi connectivity index (χ0) is 16.4. The van der Waals surface area contributed by atoms with E-state index in [4.69, 9.17) is 0 Å². The molecule has 1 aromatic carbocycles. The smallest absolute Gasteiger partial charge is 0.247 e. The van der Waals surface area contributed by atoms with Crippen molar-refractivity contribution in [2.45, 2.75) is 19.5 Å². The Bertz CT molecular complexity index is 851. The predicted molar refractivity (Wildman–Crippen MR) is 90.3 cm³/mol. The molecule has 3 heterocycles. The van der Waals surface area contributed by atoms with Crippen molar-refractivity contribution < 1.29 is 4.79 Å². The number of fused-ring (bicyclic) bond motifs is 1. The van der Waals surface area contributed by atoms with Crippen LogP contribution in [0.4, 0.5) is 5.82 Å². The summed E-state index contributed by atoms with van der Waals surface area (Å²) in [5, 5.41) is 17.7. The topological polar surface area (TPSA) is 87.6 Å². The molecule has 0 saturated heterocycles. The molecule has 0 fully saturated rings. The molecule has 1 aliphatic rings. The molecule has 2 aromatic heterocycles. The number of carbonyl (C=O) groups is 1. The van der Waals surface area contributed by atoms with Gasteiger partial charge in [0.1, 0.15) is 6.54 Å². The van der Waals surface area contributed by atoms with E-state index in [1.165, 1.54) is 0 Å². The first-order chi connectivity index (χ1) is 11.8. The summed E-state index contributed by atoms with van der Waals surface area (Å²) in [7, 11) is 0. The summed E-state index contributed by atoms with van der Waals surface area (Å²) in [4.78, 5) is 12.4. The Hall–Kier alpha value is -2.93. The van der Waals surface area contributed by atoms with Crippen LogP contribution in [0.1, 0.15) is 11.3 Å². The molecule has 0 saturated carbocycles. The second-order valence-electron chi connectivity index (χ2n) is 5.74. The minimum absolute atomic E-state index is 0.143. The molecular weight excluding hydrogens is 304 g/mol. The molecule has 122 valence electrons. The Balaban J connectivity index is 1.50. The maximum atomic E-state index is 12.4. The summed E-state index contributed by atoms with van der Waals surface area (Å²) >= 11 is 0. The Morgan fingerprint density at radius 2 is 2.12 bits per heavy atom. The van der Waals surface area contributed by atoms with Crippen LogP contribution >= 0.6 is 0 Å². The van der Waals surface area contributed by atoms with Gasteiger partial charge in [0, 0.05) is 37.0 Å². The van der Waals surface area contributed by atoms with Crippen molar-refractivity contribution in [3.05, 3.63) is 53.9 Å². The van der Waals surface area contributed by atoms with Crippen LogP contribution in [0.25, 0.3) is 11.3 Å². The molecule has 0 spiro atoms. The van der Waals surface area contributed by atoms with Gasteiger partial charge in [-0.3, -0.25) is 14.6 Å². The second kappa shape index (κ2) is 6.29. The summed E-state index contributed by atoms with van der Waals surface area (Å²) in [5.74, 6) is 0.464. The van der Waals surface area contributed by atoms with Crippen molar-refractivity contribution in [3.8, 4) is 11.3 Å². The highest BCUT2D eigenvalue weighted by Gasteiger charge is 2.18. The molecule has 1 aliphatic heterocycles. The minimum atomic E-state index is -0.143. The van der Waals surface area contributed by atoms with Gasteiger partial charge < -0.3 is 10.6 Å². The molecule has 0 bridgehead atoms. The van der Waals surface area contributed by atoms with Crippen LogP contribution in [0, 0.1) is 0 Å². The predicted octanol–water partition coefficient (Wildman–Crippen LogP) is 1.56. The van der Waals surface area contributed by atoms with Crippen LogP contribution in [0.15, 0.2) is 42.6 Å². The first-order valence-electron chi connectivity index (χ1n) is 7.95. The monoisotopic (exact) mass is 322 g/mol. The molecule has 4 rings (SSSR count). The quantitative estimate of drug-likeness (QED) is 0.680. The van der Waals surface area contributed by atoms with Gasteiger partial charge in [-0.05, 0) is 11.6 Å². The minimum Gasteiger partial charge on any atom is -0.312 e. The number of carbonyl (C=O) groups excluding carboxylic acids is 1. The van der Waals surface area contributed by atoms with Crippen molar-refractivity contribution in [2.75, 3.05) is 11.9 Å². The third kappa shape index (κ3) is 2.81. The van der Waals surface area contributed by atoms with E-state index < -0.39 is 0 Å². The molecule has 0 unspecified atom stereocenters. The number of amides is 1. The van der Waals surface area contributed by atoms with Gasteiger partial charge in [0.05, 0.1) is 5.69 Å². The van der Waals surface area contributed by atoms with Gasteiger partial charge in [0.2, 0.25) is 5.91 Å². The van der Waals surface area contributed by atoms with E-state index in [2.05, 4.69) is 25.9 Å². The van der Waals surface area contributed by atoms with Gasteiger partial charge in [-0.1, -0.05) is 30.3 Å². The molecule has 0 atom stereocenters. The lowest BCUT2D eigenvalue weighted by Crippen LogP contribution is -2.25. The van der Waals surface area contributed by atoms with Crippen LogP contribution in [0.5, 0.6) is 0 Å². The third-order valence-corrected chi connectivity index (χ3v) is 4.14. The van der Waals surface area contributed by atoms with E-state index in [1.807, 2.05) is 36.4 Å². The summed E-state index contributed by atoms with van der Waals surface area (Å²) in [5.41, 5.74) is 4.08. The SMILES string of the molecule is O=C(Cn1nccc1-c1ccccc1)Nc1n[nH]c2c1CNCC2. The van der Waals surface area contributed by atoms with Crippen LogP contribution in [-0.2, 0) is 24.3 Å². The van der Waals surface area contributed by atoms with Gasteiger partial charge in [0.15, 0.2) is 5.82 Å². The molecule has 3 aromatic rings. The van der Waals surface area contributed by atoms with Crippen molar-refractivity contribution in [1.82, 2.24) is 25.3 Å². The van der Waals surface area contributed by atoms with Gasteiger partial charge in [0.25, 0.3) is 0 Å². The second-order valence-corrected chi connectivity index (χ2v) is 5.74. The number of hydrogen-bond acceptors (Lipinski definition) is 4. The highest BCUT2D eigenvalue weighted by Crippen LogP contribution is 2.21. The van der Waals surface area contributed by atoms with Gasteiger partial charge >= 0.3 is 0 Å². The van der Waals surface area contributed by atoms with E-state index in [9.17, 15) is 4.79 Å². The first-order valence-corrected chi connectivity index (χ1v) is 7.95. The van der Waals surface area contributed by atoms with Gasteiger partial charge in [-0.2, -0.15) is 10.2 Å². The highest BCUT2D eigenvalue weighted by molar-refractivity contribution is 5.90. The maximum Gasteiger partial charge on any atom is 0.247 e. The largest absolute Gasteiger partial charge is 0.312 e.